The Hall–Kier alpha value is -1.10. The molecule has 5 heteroatoms. The lowest BCUT2D eigenvalue weighted by molar-refractivity contribution is -0.122. The van der Waals surface area contributed by atoms with Gasteiger partial charge < -0.3 is 9.64 Å². The highest BCUT2D eigenvalue weighted by molar-refractivity contribution is 5.79. The predicted molar refractivity (Wildman–Crippen MR) is 81.2 cm³/mol. The quantitative estimate of drug-likeness (QED) is 0.746. The van der Waals surface area contributed by atoms with Crippen LogP contribution in [0.3, 0.4) is 0 Å². The Labute approximate surface area is 127 Å². The zero-order chi connectivity index (χ0) is 15.6. The fourth-order valence-electron chi connectivity index (χ4n) is 3.21. The summed E-state index contributed by atoms with van der Waals surface area (Å²) in [5.41, 5.74) is -0.444. The topological polar surface area (TPSA) is 49.9 Å². The molecule has 120 valence electrons. The van der Waals surface area contributed by atoms with Gasteiger partial charge >= 0.3 is 6.09 Å². The molecule has 2 unspecified atom stereocenters. The number of amides is 1. The molecule has 1 amide bonds. The van der Waals surface area contributed by atoms with E-state index in [4.69, 9.17) is 4.74 Å². The van der Waals surface area contributed by atoms with Crippen LogP contribution >= 0.6 is 0 Å². The van der Waals surface area contributed by atoms with Crippen LogP contribution in [0, 0.1) is 0 Å². The van der Waals surface area contributed by atoms with E-state index < -0.39 is 5.60 Å². The summed E-state index contributed by atoms with van der Waals surface area (Å²) in [6, 6.07) is 0.683. The first kappa shape index (κ1) is 16.3. The Bertz CT molecular complexity index is 393. The van der Waals surface area contributed by atoms with Crippen molar-refractivity contribution in [3.8, 4) is 0 Å². The number of hydrogen-bond acceptors (Lipinski definition) is 4. The number of nitrogens with zero attached hydrogens (tertiary/aromatic N) is 2. The molecule has 2 rings (SSSR count). The Morgan fingerprint density at radius 2 is 1.81 bits per heavy atom. The van der Waals surface area contributed by atoms with Crippen LogP contribution in [0.5, 0.6) is 0 Å². The van der Waals surface area contributed by atoms with E-state index in [9.17, 15) is 9.59 Å². The van der Waals surface area contributed by atoms with E-state index in [1.807, 2.05) is 25.7 Å². The summed E-state index contributed by atoms with van der Waals surface area (Å²) in [6.45, 7) is 10.3. The molecule has 0 bridgehead atoms. The Kier molecular flexibility index (Phi) is 4.91. The molecular weight excluding hydrogens is 268 g/mol. The second kappa shape index (κ2) is 6.34. The monoisotopic (exact) mass is 296 g/mol. The molecule has 0 aromatic rings. The number of ketones is 1. The minimum Gasteiger partial charge on any atom is -0.444 e. The molecule has 0 aliphatic carbocycles. The van der Waals surface area contributed by atoms with Crippen molar-refractivity contribution in [1.29, 1.82) is 0 Å². The summed E-state index contributed by atoms with van der Waals surface area (Å²) in [5.74, 6) is 0.380. The maximum Gasteiger partial charge on any atom is 0.410 e. The number of carbonyl (C=O) groups excluding carboxylic acids is 2. The first-order chi connectivity index (χ1) is 9.76. The van der Waals surface area contributed by atoms with Gasteiger partial charge in [0.05, 0.1) is 0 Å². The van der Waals surface area contributed by atoms with Gasteiger partial charge in [-0.3, -0.25) is 9.69 Å². The summed E-state index contributed by atoms with van der Waals surface area (Å²) >= 11 is 0. The molecule has 2 atom stereocenters. The van der Waals surface area contributed by atoms with Crippen LogP contribution in [0.15, 0.2) is 0 Å². The number of piperidine rings is 2. The molecule has 0 spiro atoms. The molecule has 0 radical (unpaired) electrons. The van der Waals surface area contributed by atoms with Crippen molar-refractivity contribution in [1.82, 2.24) is 9.80 Å². The lowest BCUT2D eigenvalue weighted by Crippen LogP contribution is -2.53. The number of Topliss-reactive ketones (excluding diaryl/α,β-unsaturated/α-hetero) is 1. The van der Waals surface area contributed by atoms with Gasteiger partial charge in [-0.15, -0.1) is 0 Å². The minimum absolute atomic E-state index is 0.191. The van der Waals surface area contributed by atoms with Gasteiger partial charge in [0.25, 0.3) is 0 Å². The van der Waals surface area contributed by atoms with Crippen molar-refractivity contribution in [2.45, 2.75) is 71.1 Å². The SMILES string of the molecule is CC1CC(N2CCC(=O)CC2)CCN1C(=O)OC(C)(C)C. The van der Waals surface area contributed by atoms with Crippen molar-refractivity contribution in [2.75, 3.05) is 19.6 Å². The molecule has 2 aliphatic rings. The zero-order valence-corrected chi connectivity index (χ0v) is 13.7. The Morgan fingerprint density at radius 1 is 1.19 bits per heavy atom. The molecule has 21 heavy (non-hydrogen) atoms. The predicted octanol–water partition coefficient (Wildman–Crippen LogP) is 2.44. The summed E-state index contributed by atoms with van der Waals surface area (Å²) in [4.78, 5) is 27.8. The van der Waals surface area contributed by atoms with E-state index in [0.717, 1.165) is 32.5 Å². The highest BCUT2D eigenvalue weighted by Crippen LogP contribution is 2.25. The maximum absolute atomic E-state index is 12.2. The molecular formula is C16H28N2O3. The second-order valence-electron chi connectivity index (χ2n) is 7.28. The summed E-state index contributed by atoms with van der Waals surface area (Å²) < 4.78 is 5.47. The fourth-order valence-corrected chi connectivity index (χ4v) is 3.21. The number of rotatable bonds is 1. The molecule has 0 aromatic heterocycles. The Balaban J connectivity index is 1.87. The highest BCUT2D eigenvalue weighted by Gasteiger charge is 2.34. The summed E-state index contributed by atoms with van der Waals surface area (Å²) in [5, 5.41) is 0. The molecule has 2 aliphatic heterocycles. The van der Waals surface area contributed by atoms with Gasteiger partial charge in [-0.25, -0.2) is 4.79 Å². The number of ether oxygens (including phenoxy) is 1. The van der Waals surface area contributed by atoms with E-state index in [1.165, 1.54) is 0 Å². The van der Waals surface area contributed by atoms with Crippen LogP contribution in [-0.4, -0.2) is 59.0 Å². The Morgan fingerprint density at radius 3 is 2.33 bits per heavy atom. The molecule has 0 aromatic carbocycles. The van der Waals surface area contributed by atoms with Crippen LogP contribution in [0.4, 0.5) is 4.79 Å². The lowest BCUT2D eigenvalue weighted by Gasteiger charge is -2.43. The average molecular weight is 296 g/mol. The number of likely N-dealkylation sites (tertiary alicyclic amines) is 2. The standard InChI is InChI=1S/C16H28N2O3/c1-12-11-13(17-8-6-14(19)7-9-17)5-10-18(12)15(20)21-16(2,3)4/h12-13H,5-11H2,1-4H3. The fraction of sp³-hybridized carbons (Fsp3) is 0.875. The van der Waals surface area contributed by atoms with Gasteiger partial charge in [-0.05, 0) is 40.5 Å². The van der Waals surface area contributed by atoms with E-state index in [2.05, 4.69) is 11.8 Å². The zero-order valence-electron chi connectivity index (χ0n) is 13.7. The van der Waals surface area contributed by atoms with Crippen molar-refractivity contribution >= 4 is 11.9 Å². The first-order valence-corrected chi connectivity index (χ1v) is 8.01. The third-order valence-corrected chi connectivity index (χ3v) is 4.35. The van der Waals surface area contributed by atoms with Crippen LogP contribution in [0.2, 0.25) is 0 Å². The van der Waals surface area contributed by atoms with Gasteiger partial charge in [0.2, 0.25) is 0 Å². The first-order valence-electron chi connectivity index (χ1n) is 8.01. The molecule has 0 saturated carbocycles. The van der Waals surface area contributed by atoms with E-state index in [-0.39, 0.29) is 12.1 Å². The van der Waals surface area contributed by atoms with Crippen molar-refractivity contribution in [3.05, 3.63) is 0 Å². The van der Waals surface area contributed by atoms with E-state index >= 15 is 0 Å². The maximum atomic E-state index is 12.2. The van der Waals surface area contributed by atoms with Gasteiger partial charge in [0.1, 0.15) is 11.4 Å². The second-order valence-corrected chi connectivity index (χ2v) is 7.28. The van der Waals surface area contributed by atoms with Gasteiger partial charge in [0, 0.05) is 44.6 Å². The summed E-state index contributed by atoms with van der Waals surface area (Å²) in [6.07, 6.45) is 3.09. The summed E-state index contributed by atoms with van der Waals surface area (Å²) in [7, 11) is 0. The lowest BCUT2D eigenvalue weighted by atomic mass is 9.95. The third kappa shape index (κ3) is 4.43. The van der Waals surface area contributed by atoms with Crippen molar-refractivity contribution in [3.63, 3.8) is 0 Å². The molecule has 0 N–H and O–H groups in total. The highest BCUT2D eigenvalue weighted by atomic mass is 16.6. The minimum atomic E-state index is -0.444. The molecule has 2 saturated heterocycles. The van der Waals surface area contributed by atoms with Gasteiger partial charge in [0.15, 0.2) is 0 Å². The molecule has 5 nitrogen and oxygen atoms in total. The van der Waals surface area contributed by atoms with Crippen LogP contribution in [0.1, 0.15) is 53.4 Å². The largest absolute Gasteiger partial charge is 0.444 e. The number of carbonyl (C=O) groups is 2. The van der Waals surface area contributed by atoms with Crippen LogP contribution in [0.25, 0.3) is 0 Å². The van der Waals surface area contributed by atoms with Crippen molar-refractivity contribution < 1.29 is 14.3 Å². The van der Waals surface area contributed by atoms with Crippen LogP contribution in [-0.2, 0) is 9.53 Å². The molecule has 2 heterocycles. The van der Waals surface area contributed by atoms with Gasteiger partial charge in [-0.1, -0.05) is 0 Å². The average Bonchev–Trinajstić information content (AvgIpc) is 2.37. The smallest absolute Gasteiger partial charge is 0.410 e. The normalized spacial score (nSPS) is 28.6. The van der Waals surface area contributed by atoms with Gasteiger partial charge in [-0.2, -0.15) is 0 Å². The van der Waals surface area contributed by atoms with Crippen LogP contribution < -0.4 is 0 Å². The van der Waals surface area contributed by atoms with E-state index in [1.54, 1.807) is 0 Å². The third-order valence-electron chi connectivity index (χ3n) is 4.35. The van der Waals surface area contributed by atoms with Crippen molar-refractivity contribution in [2.24, 2.45) is 0 Å². The number of hydrogen-bond donors (Lipinski definition) is 0. The molecule has 2 fully saturated rings. The van der Waals surface area contributed by atoms with E-state index in [0.29, 0.717) is 24.7 Å².